The van der Waals surface area contributed by atoms with E-state index in [1.54, 1.807) is 19.2 Å². The summed E-state index contributed by atoms with van der Waals surface area (Å²) in [6, 6.07) is 7.22. The molecule has 0 aromatic heterocycles. The first-order valence-electron chi connectivity index (χ1n) is 4.61. The van der Waals surface area contributed by atoms with Gasteiger partial charge in [0.25, 0.3) is 0 Å². The van der Waals surface area contributed by atoms with Gasteiger partial charge >= 0.3 is 0 Å². The van der Waals surface area contributed by atoms with Crippen molar-refractivity contribution in [1.29, 1.82) is 0 Å². The molecule has 0 unspecified atom stereocenters. The summed E-state index contributed by atoms with van der Waals surface area (Å²) in [4.78, 5) is 13.7. The molecule has 0 fully saturated rings. The zero-order valence-electron chi connectivity index (χ0n) is 8.47. The average molecular weight is 204 g/mol. The van der Waals surface area contributed by atoms with Crippen LogP contribution in [0.15, 0.2) is 29.4 Å². The number of aryl methyl sites for hydroxylation is 1. The fraction of sp³-hybridized carbons (Fsp3) is 0.300. The van der Waals surface area contributed by atoms with Gasteiger partial charge in [0.15, 0.2) is 0 Å². The van der Waals surface area contributed by atoms with Crippen LogP contribution in [0.5, 0.6) is 0 Å². The predicted octanol–water partition coefficient (Wildman–Crippen LogP) is 2.31. The topological polar surface area (TPSA) is 77.9 Å². The third-order valence-electron chi connectivity index (χ3n) is 1.99. The van der Waals surface area contributed by atoms with Crippen LogP contribution in [-0.2, 0) is 11.2 Å². The molecule has 1 aromatic rings. The van der Waals surface area contributed by atoms with Gasteiger partial charge in [-0.15, -0.1) is 0 Å². The van der Waals surface area contributed by atoms with Gasteiger partial charge in [0.2, 0.25) is 5.91 Å². The molecule has 0 saturated carbocycles. The van der Waals surface area contributed by atoms with E-state index in [0.29, 0.717) is 18.5 Å². The van der Waals surface area contributed by atoms with Gasteiger partial charge in [-0.05, 0) is 23.6 Å². The Labute approximate surface area is 87.7 Å². The number of carbonyl (C=O) groups excluding carboxylic acids is 1. The molecule has 0 saturated heterocycles. The molecule has 1 aromatic carbocycles. The number of hydrogen-bond donors (Lipinski definition) is 1. The second-order valence-electron chi connectivity index (χ2n) is 3.03. The Bertz CT molecular complexity index is 396. The van der Waals surface area contributed by atoms with Gasteiger partial charge in [0.1, 0.15) is 0 Å². The molecule has 1 amide bonds. The van der Waals surface area contributed by atoms with Crippen molar-refractivity contribution in [2.24, 2.45) is 5.11 Å². The van der Waals surface area contributed by atoms with Gasteiger partial charge in [0.05, 0.1) is 0 Å². The maximum atomic E-state index is 11.0. The van der Waals surface area contributed by atoms with Crippen molar-refractivity contribution in [1.82, 2.24) is 5.32 Å². The first-order chi connectivity index (χ1) is 7.26. The first-order valence-corrected chi connectivity index (χ1v) is 4.61. The summed E-state index contributed by atoms with van der Waals surface area (Å²) in [5.41, 5.74) is 9.83. The highest BCUT2D eigenvalue weighted by Crippen LogP contribution is 2.15. The molecule has 0 radical (unpaired) electrons. The second-order valence-corrected chi connectivity index (χ2v) is 3.03. The Morgan fingerprint density at radius 1 is 1.60 bits per heavy atom. The Morgan fingerprint density at radius 2 is 2.40 bits per heavy atom. The van der Waals surface area contributed by atoms with Gasteiger partial charge in [-0.3, -0.25) is 4.79 Å². The number of nitrogens with zero attached hydrogens (tertiary/aromatic N) is 3. The van der Waals surface area contributed by atoms with Crippen LogP contribution >= 0.6 is 0 Å². The van der Waals surface area contributed by atoms with E-state index in [4.69, 9.17) is 5.53 Å². The second kappa shape index (κ2) is 5.67. The van der Waals surface area contributed by atoms with Gasteiger partial charge in [0, 0.05) is 24.1 Å². The summed E-state index contributed by atoms with van der Waals surface area (Å²) in [6.45, 7) is 0. The fourth-order valence-electron chi connectivity index (χ4n) is 1.21. The van der Waals surface area contributed by atoms with Crippen molar-refractivity contribution in [3.05, 3.63) is 40.3 Å². The highest BCUT2D eigenvalue weighted by molar-refractivity contribution is 5.75. The largest absolute Gasteiger partial charge is 0.359 e. The minimum Gasteiger partial charge on any atom is -0.359 e. The van der Waals surface area contributed by atoms with Crippen molar-refractivity contribution in [2.75, 3.05) is 7.05 Å². The summed E-state index contributed by atoms with van der Waals surface area (Å²) >= 11 is 0. The maximum absolute atomic E-state index is 11.0. The van der Waals surface area contributed by atoms with Crippen LogP contribution < -0.4 is 5.32 Å². The molecule has 0 spiro atoms. The third-order valence-corrected chi connectivity index (χ3v) is 1.99. The standard InChI is InChI=1S/C10H12N4O/c1-12-10(15)6-5-8-3-2-4-9(7-8)13-14-11/h2-4,7H,5-6H2,1H3,(H,12,15). The summed E-state index contributed by atoms with van der Waals surface area (Å²) in [7, 11) is 1.61. The zero-order valence-corrected chi connectivity index (χ0v) is 8.47. The van der Waals surface area contributed by atoms with Crippen molar-refractivity contribution >= 4 is 11.6 Å². The van der Waals surface area contributed by atoms with Crippen LogP contribution in [0, 0.1) is 0 Å². The van der Waals surface area contributed by atoms with Crippen molar-refractivity contribution in [3.8, 4) is 0 Å². The number of rotatable bonds is 4. The Balaban J connectivity index is 2.65. The van der Waals surface area contributed by atoms with Crippen molar-refractivity contribution < 1.29 is 4.79 Å². The predicted molar refractivity (Wildman–Crippen MR) is 57.6 cm³/mol. The van der Waals surface area contributed by atoms with Crippen molar-refractivity contribution in [3.63, 3.8) is 0 Å². The van der Waals surface area contributed by atoms with Crippen LogP contribution in [0.2, 0.25) is 0 Å². The van der Waals surface area contributed by atoms with E-state index in [9.17, 15) is 4.79 Å². The Kier molecular flexibility index (Phi) is 4.19. The molecule has 5 nitrogen and oxygen atoms in total. The van der Waals surface area contributed by atoms with Crippen LogP contribution in [0.4, 0.5) is 5.69 Å². The molecule has 0 atom stereocenters. The van der Waals surface area contributed by atoms with E-state index in [1.165, 1.54) is 0 Å². The fourth-order valence-corrected chi connectivity index (χ4v) is 1.21. The molecule has 1 rings (SSSR count). The van der Waals surface area contributed by atoms with E-state index >= 15 is 0 Å². The van der Waals surface area contributed by atoms with Crippen LogP contribution in [0.1, 0.15) is 12.0 Å². The lowest BCUT2D eigenvalue weighted by molar-refractivity contribution is -0.120. The average Bonchev–Trinajstić information content (AvgIpc) is 2.27. The molecule has 78 valence electrons. The lowest BCUT2D eigenvalue weighted by Crippen LogP contribution is -2.17. The van der Waals surface area contributed by atoms with E-state index in [0.717, 1.165) is 5.56 Å². The Hall–Kier alpha value is -2.00. The quantitative estimate of drug-likeness (QED) is 0.456. The number of benzene rings is 1. The molecule has 15 heavy (non-hydrogen) atoms. The number of amides is 1. The maximum Gasteiger partial charge on any atom is 0.220 e. The molecule has 0 aliphatic rings. The Morgan fingerprint density at radius 3 is 3.07 bits per heavy atom. The molecular formula is C10H12N4O. The van der Waals surface area contributed by atoms with E-state index in [1.807, 2.05) is 12.1 Å². The van der Waals surface area contributed by atoms with Crippen molar-refractivity contribution in [2.45, 2.75) is 12.8 Å². The van der Waals surface area contributed by atoms with E-state index in [2.05, 4.69) is 15.3 Å². The SMILES string of the molecule is CNC(=O)CCc1cccc(N=[N+]=[N-])c1. The van der Waals surface area contributed by atoms with E-state index in [-0.39, 0.29) is 5.91 Å². The molecule has 0 bridgehead atoms. The zero-order chi connectivity index (χ0) is 11.1. The van der Waals surface area contributed by atoms with E-state index < -0.39 is 0 Å². The first kappa shape index (κ1) is 11.1. The third kappa shape index (κ3) is 3.70. The van der Waals surface area contributed by atoms with Gasteiger partial charge in [-0.25, -0.2) is 0 Å². The molecule has 1 N–H and O–H groups in total. The smallest absolute Gasteiger partial charge is 0.220 e. The molecule has 5 heteroatoms. The molecular weight excluding hydrogens is 192 g/mol. The minimum absolute atomic E-state index is 0.00388. The van der Waals surface area contributed by atoms with Gasteiger partial charge in [-0.2, -0.15) is 0 Å². The summed E-state index contributed by atoms with van der Waals surface area (Å²) in [5.74, 6) is 0.00388. The highest BCUT2D eigenvalue weighted by atomic mass is 16.1. The summed E-state index contributed by atoms with van der Waals surface area (Å²) in [5, 5.41) is 6.05. The molecule has 0 aliphatic carbocycles. The highest BCUT2D eigenvalue weighted by Gasteiger charge is 1.99. The number of hydrogen-bond acceptors (Lipinski definition) is 2. The number of azide groups is 1. The van der Waals surface area contributed by atoms with Crippen LogP contribution in [0.3, 0.4) is 0 Å². The number of carbonyl (C=O) groups is 1. The van der Waals surface area contributed by atoms with Gasteiger partial charge in [-0.1, -0.05) is 23.3 Å². The lowest BCUT2D eigenvalue weighted by atomic mass is 10.1. The van der Waals surface area contributed by atoms with Crippen LogP contribution in [0.25, 0.3) is 10.4 Å². The van der Waals surface area contributed by atoms with Crippen LogP contribution in [-0.4, -0.2) is 13.0 Å². The summed E-state index contributed by atoms with van der Waals surface area (Å²) < 4.78 is 0. The normalized spacial score (nSPS) is 9.13. The molecule has 0 heterocycles. The summed E-state index contributed by atoms with van der Waals surface area (Å²) in [6.07, 6.45) is 1.09. The number of nitrogens with one attached hydrogen (secondary N) is 1. The lowest BCUT2D eigenvalue weighted by Gasteiger charge is -2.01. The monoisotopic (exact) mass is 204 g/mol. The van der Waals surface area contributed by atoms with Gasteiger partial charge < -0.3 is 5.32 Å². The minimum atomic E-state index is 0.00388. The molecule has 0 aliphatic heterocycles.